The highest BCUT2D eigenvalue weighted by molar-refractivity contribution is 7.99. The van der Waals surface area contributed by atoms with Gasteiger partial charge in [-0.1, -0.05) is 42.1 Å². The Morgan fingerprint density at radius 3 is 2.39 bits per heavy atom. The number of thioether (sulfide) groups is 1. The number of H-pyrrole nitrogens is 1. The third-order valence-electron chi connectivity index (χ3n) is 3.81. The van der Waals surface area contributed by atoms with Crippen molar-refractivity contribution in [2.75, 3.05) is 11.1 Å². The molecule has 1 amide bonds. The van der Waals surface area contributed by atoms with Crippen LogP contribution < -0.4 is 10.9 Å². The van der Waals surface area contributed by atoms with E-state index < -0.39 is 5.56 Å². The fourth-order valence-electron chi connectivity index (χ4n) is 2.53. The Morgan fingerprint density at radius 1 is 1.11 bits per heavy atom. The van der Waals surface area contributed by atoms with Crippen molar-refractivity contribution in [1.82, 2.24) is 9.97 Å². The maximum atomic E-state index is 12.3. The molecule has 3 rings (SSSR count). The zero-order valence-electron chi connectivity index (χ0n) is 14.9. The molecule has 2 aromatic carbocycles. The lowest BCUT2D eigenvalue weighted by atomic mass is 10.1. The number of aromatic nitrogens is 2. The standard InChI is InChI=1S/C20H17N3O4S/c1-12(24)21-15-9-7-13(8-10-15)16(25)11-28-20-22-18(26)17(19(27)23-20)14-5-3-2-4-6-14/h2-10H,11H2,1H3,(H,21,24)(H2,22,23,26,27). The molecular formula is C20H17N3O4S. The topological polar surface area (TPSA) is 112 Å². The molecule has 7 nitrogen and oxygen atoms in total. The molecule has 0 bridgehead atoms. The van der Waals surface area contributed by atoms with Crippen LogP contribution >= 0.6 is 11.8 Å². The van der Waals surface area contributed by atoms with Gasteiger partial charge >= 0.3 is 0 Å². The van der Waals surface area contributed by atoms with Crippen LogP contribution in [-0.2, 0) is 4.79 Å². The summed E-state index contributed by atoms with van der Waals surface area (Å²) in [5, 5.41) is 12.9. The average molecular weight is 395 g/mol. The number of aromatic amines is 1. The van der Waals surface area contributed by atoms with E-state index in [2.05, 4.69) is 15.3 Å². The Kier molecular flexibility index (Phi) is 5.90. The van der Waals surface area contributed by atoms with Crippen molar-refractivity contribution in [3.8, 4) is 17.0 Å². The number of nitrogens with zero attached hydrogens (tertiary/aromatic N) is 1. The van der Waals surface area contributed by atoms with E-state index in [0.717, 1.165) is 11.8 Å². The summed E-state index contributed by atoms with van der Waals surface area (Å²) in [6, 6.07) is 15.2. The van der Waals surface area contributed by atoms with E-state index in [1.807, 2.05) is 0 Å². The van der Waals surface area contributed by atoms with Gasteiger partial charge in [-0.05, 0) is 29.8 Å². The number of Topliss-reactive ketones (excluding diaryl/α,β-unsaturated/α-hetero) is 1. The zero-order chi connectivity index (χ0) is 20.1. The molecule has 0 aliphatic rings. The Labute approximate surface area is 164 Å². The number of carbonyl (C=O) groups is 2. The third-order valence-corrected chi connectivity index (χ3v) is 4.68. The molecule has 3 aromatic rings. The van der Waals surface area contributed by atoms with Crippen LogP contribution in [0, 0.1) is 0 Å². The molecule has 0 spiro atoms. The predicted molar refractivity (Wildman–Crippen MR) is 108 cm³/mol. The first-order valence-corrected chi connectivity index (χ1v) is 9.35. The molecule has 0 aliphatic carbocycles. The largest absolute Gasteiger partial charge is 0.493 e. The number of nitrogens with one attached hydrogen (secondary N) is 2. The Balaban J connectivity index is 1.70. The normalized spacial score (nSPS) is 10.5. The molecule has 3 N–H and O–H groups in total. The van der Waals surface area contributed by atoms with Crippen molar-refractivity contribution in [1.29, 1.82) is 0 Å². The lowest BCUT2D eigenvalue weighted by Gasteiger charge is -2.06. The van der Waals surface area contributed by atoms with Crippen LogP contribution in [0.4, 0.5) is 5.69 Å². The smallest absolute Gasteiger partial charge is 0.263 e. The number of aromatic hydroxyl groups is 1. The SMILES string of the molecule is CC(=O)Nc1ccc(C(=O)CSc2nc(O)c(-c3ccccc3)c(=O)[nH]2)cc1. The number of anilines is 1. The van der Waals surface area contributed by atoms with Gasteiger partial charge in [-0.15, -0.1) is 0 Å². The third kappa shape index (κ3) is 4.66. The Hall–Kier alpha value is -3.39. The number of ketones is 1. The van der Waals surface area contributed by atoms with Gasteiger partial charge < -0.3 is 15.4 Å². The molecule has 8 heteroatoms. The first kappa shape index (κ1) is 19.4. The van der Waals surface area contributed by atoms with Crippen LogP contribution in [0.25, 0.3) is 11.1 Å². The molecule has 28 heavy (non-hydrogen) atoms. The van der Waals surface area contributed by atoms with Crippen LogP contribution in [0.2, 0.25) is 0 Å². The minimum absolute atomic E-state index is 0.0343. The van der Waals surface area contributed by atoms with E-state index >= 15 is 0 Å². The maximum absolute atomic E-state index is 12.3. The molecule has 0 fully saturated rings. The van der Waals surface area contributed by atoms with Crippen molar-refractivity contribution in [3.63, 3.8) is 0 Å². The molecule has 1 heterocycles. The quantitative estimate of drug-likeness (QED) is 0.336. The van der Waals surface area contributed by atoms with E-state index in [0.29, 0.717) is 16.8 Å². The summed E-state index contributed by atoms with van der Waals surface area (Å²) in [5.41, 5.74) is 1.23. The monoisotopic (exact) mass is 395 g/mol. The highest BCUT2D eigenvalue weighted by Crippen LogP contribution is 2.25. The molecular weight excluding hydrogens is 378 g/mol. The van der Waals surface area contributed by atoms with Gasteiger partial charge in [-0.3, -0.25) is 14.4 Å². The Morgan fingerprint density at radius 2 is 1.79 bits per heavy atom. The minimum atomic E-state index is -0.478. The van der Waals surface area contributed by atoms with E-state index in [-0.39, 0.29) is 34.0 Å². The second-order valence-electron chi connectivity index (χ2n) is 5.91. The van der Waals surface area contributed by atoms with Crippen LogP contribution in [0.1, 0.15) is 17.3 Å². The highest BCUT2D eigenvalue weighted by atomic mass is 32.2. The van der Waals surface area contributed by atoms with Crippen molar-refractivity contribution in [2.24, 2.45) is 0 Å². The van der Waals surface area contributed by atoms with Crippen LogP contribution in [0.3, 0.4) is 0 Å². The second-order valence-corrected chi connectivity index (χ2v) is 6.87. The first-order valence-electron chi connectivity index (χ1n) is 8.36. The number of benzene rings is 2. The first-order chi connectivity index (χ1) is 13.4. The van der Waals surface area contributed by atoms with Gasteiger partial charge in [-0.25, -0.2) is 0 Å². The molecule has 0 saturated carbocycles. The molecule has 142 valence electrons. The van der Waals surface area contributed by atoms with Gasteiger partial charge in [-0.2, -0.15) is 4.98 Å². The summed E-state index contributed by atoms with van der Waals surface area (Å²) >= 11 is 1.02. The molecule has 0 aliphatic heterocycles. The number of rotatable bonds is 6. The number of hydrogen-bond acceptors (Lipinski definition) is 6. The van der Waals surface area contributed by atoms with Crippen LogP contribution in [0.5, 0.6) is 5.88 Å². The number of amides is 1. The van der Waals surface area contributed by atoms with Crippen LogP contribution in [-0.4, -0.2) is 32.5 Å². The van der Waals surface area contributed by atoms with E-state index in [4.69, 9.17) is 0 Å². The van der Waals surface area contributed by atoms with Crippen molar-refractivity contribution >= 4 is 29.1 Å². The van der Waals surface area contributed by atoms with Crippen molar-refractivity contribution in [3.05, 3.63) is 70.5 Å². The molecule has 0 radical (unpaired) electrons. The van der Waals surface area contributed by atoms with Gasteiger partial charge in [0.25, 0.3) is 5.56 Å². The number of carbonyl (C=O) groups excluding carboxylic acids is 2. The summed E-state index contributed by atoms with van der Waals surface area (Å²) in [7, 11) is 0. The Bertz CT molecular complexity index is 1060. The van der Waals surface area contributed by atoms with Crippen LogP contribution in [0.15, 0.2) is 64.5 Å². The summed E-state index contributed by atoms with van der Waals surface area (Å²) < 4.78 is 0. The van der Waals surface area contributed by atoms with Gasteiger partial charge in [0.05, 0.1) is 5.75 Å². The maximum Gasteiger partial charge on any atom is 0.263 e. The fraction of sp³-hybridized carbons (Fsp3) is 0.100. The van der Waals surface area contributed by atoms with Gasteiger partial charge in [0.1, 0.15) is 5.56 Å². The summed E-state index contributed by atoms with van der Waals surface area (Å²) in [6.45, 7) is 1.40. The van der Waals surface area contributed by atoms with Gasteiger partial charge in [0.15, 0.2) is 10.9 Å². The van der Waals surface area contributed by atoms with E-state index in [9.17, 15) is 19.5 Å². The summed E-state index contributed by atoms with van der Waals surface area (Å²) in [5.74, 6) is -0.714. The molecule has 0 saturated heterocycles. The second kappa shape index (κ2) is 8.53. The van der Waals surface area contributed by atoms with Gasteiger partial charge in [0, 0.05) is 18.2 Å². The van der Waals surface area contributed by atoms with Crippen molar-refractivity contribution < 1.29 is 14.7 Å². The molecule has 1 aromatic heterocycles. The average Bonchev–Trinajstić information content (AvgIpc) is 2.66. The fourth-order valence-corrected chi connectivity index (χ4v) is 3.28. The van der Waals surface area contributed by atoms with E-state index in [1.54, 1.807) is 54.6 Å². The van der Waals surface area contributed by atoms with E-state index in [1.165, 1.54) is 6.92 Å². The highest BCUT2D eigenvalue weighted by Gasteiger charge is 2.14. The number of hydrogen-bond donors (Lipinski definition) is 3. The molecule has 0 unspecified atom stereocenters. The summed E-state index contributed by atoms with van der Waals surface area (Å²) in [6.07, 6.45) is 0. The van der Waals surface area contributed by atoms with Gasteiger partial charge in [0.2, 0.25) is 11.8 Å². The van der Waals surface area contributed by atoms with Crippen molar-refractivity contribution in [2.45, 2.75) is 12.1 Å². The zero-order valence-corrected chi connectivity index (χ0v) is 15.7. The summed E-state index contributed by atoms with van der Waals surface area (Å²) in [4.78, 5) is 42.2. The lowest BCUT2D eigenvalue weighted by Crippen LogP contribution is -2.12. The minimum Gasteiger partial charge on any atom is -0.493 e. The molecule has 0 atom stereocenters. The predicted octanol–water partition coefficient (Wildman–Crippen LogP) is 3.08. The lowest BCUT2D eigenvalue weighted by molar-refractivity contribution is -0.114.